The molecule has 0 amide bonds. The van der Waals surface area contributed by atoms with Crippen LogP contribution in [0.2, 0.25) is 0 Å². The second-order valence-corrected chi connectivity index (χ2v) is 6.75. The summed E-state index contributed by atoms with van der Waals surface area (Å²) in [6.45, 7) is -0.262. The maximum atomic E-state index is 12.6. The normalized spacial score (nSPS) is 10.6. The molecule has 0 atom stereocenters. The van der Waals surface area contributed by atoms with Gasteiger partial charge in [-0.1, -0.05) is 24.3 Å². The predicted octanol–water partition coefficient (Wildman–Crippen LogP) is 1.73. The van der Waals surface area contributed by atoms with Crippen LogP contribution in [-0.4, -0.2) is 20.9 Å². The number of nitrogens with zero attached hydrogens (tertiary/aromatic N) is 2. The zero-order valence-electron chi connectivity index (χ0n) is 14.7. The van der Waals surface area contributed by atoms with Crippen LogP contribution in [0, 0.1) is 0 Å². The lowest BCUT2D eigenvalue weighted by Crippen LogP contribution is -2.38. The van der Waals surface area contributed by atoms with Gasteiger partial charge >= 0.3 is 11.7 Å². The molecule has 0 saturated carbocycles. The van der Waals surface area contributed by atoms with Crippen LogP contribution >= 0.6 is 11.3 Å². The summed E-state index contributed by atoms with van der Waals surface area (Å²) in [6.07, 6.45) is 0. The lowest BCUT2D eigenvalue weighted by Gasteiger charge is -2.11. The van der Waals surface area contributed by atoms with Gasteiger partial charge in [-0.15, -0.1) is 11.3 Å². The number of hydrogen-bond donors (Lipinski definition) is 0. The number of rotatable bonds is 5. The quantitative estimate of drug-likeness (QED) is 0.494. The van der Waals surface area contributed by atoms with Gasteiger partial charge < -0.3 is 4.74 Å². The maximum absolute atomic E-state index is 12.6. The van der Waals surface area contributed by atoms with E-state index in [1.807, 2.05) is 0 Å². The average molecular weight is 384 g/mol. The van der Waals surface area contributed by atoms with Crippen LogP contribution < -0.4 is 11.2 Å². The summed E-state index contributed by atoms with van der Waals surface area (Å²) in [4.78, 5) is 49.3. The van der Waals surface area contributed by atoms with E-state index in [-0.39, 0.29) is 29.2 Å². The van der Waals surface area contributed by atoms with Crippen molar-refractivity contribution in [3.63, 3.8) is 0 Å². The van der Waals surface area contributed by atoms with Crippen molar-refractivity contribution < 1.29 is 14.3 Å². The fourth-order valence-electron chi connectivity index (χ4n) is 2.53. The van der Waals surface area contributed by atoms with Crippen LogP contribution in [0.25, 0.3) is 0 Å². The lowest BCUT2D eigenvalue weighted by molar-refractivity contribution is 0.0460. The zero-order chi connectivity index (χ0) is 19.6. The number of thiophene rings is 1. The molecule has 0 spiro atoms. The van der Waals surface area contributed by atoms with Crippen LogP contribution in [-0.2, 0) is 25.4 Å². The number of carbonyl (C=O) groups is 2. The highest BCUT2D eigenvalue weighted by Crippen LogP contribution is 2.19. The van der Waals surface area contributed by atoms with Crippen molar-refractivity contribution in [2.24, 2.45) is 14.1 Å². The van der Waals surface area contributed by atoms with E-state index in [4.69, 9.17) is 4.74 Å². The highest BCUT2D eigenvalue weighted by molar-refractivity contribution is 7.12. The Balaban J connectivity index is 1.85. The smallest absolute Gasteiger partial charge is 0.339 e. The minimum Gasteiger partial charge on any atom is -0.456 e. The first kappa shape index (κ1) is 18.5. The van der Waals surface area contributed by atoms with Gasteiger partial charge in [0.15, 0.2) is 0 Å². The molecule has 0 bridgehead atoms. The first-order valence-electron chi connectivity index (χ1n) is 8.00. The molecule has 0 aliphatic carbocycles. The number of ether oxygens (including phenoxy) is 1. The summed E-state index contributed by atoms with van der Waals surface area (Å²) in [7, 11) is 2.85. The fourth-order valence-corrected chi connectivity index (χ4v) is 3.21. The predicted molar refractivity (Wildman–Crippen MR) is 100 cm³/mol. The number of carbonyl (C=O) groups excluding carboxylic acids is 2. The summed E-state index contributed by atoms with van der Waals surface area (Å²) in [6, 6.07) is 11.0. The van der Waals surface area contributed by atoms with E-state index >= 15 is 0 Å². The molecule has 0 radical (unpaired) electrons. The second kappa shape index (κ2) is 7.55. The standard InChI is InChI=1S/C19H16N2O5S/c1-20-12(10-16(22)21(2)19(20)25)11-26-18(24)14-7-4-3-6-13(14)17(23)15-8-5-9-27-15/h3-10H,11H2,1-2H3. The maximum Gasteiger partial charge on any atom is 0.339 e. The van der Waals surface area contributed by atoms with Gasteiger partial charge in [0.2, 0.25) is 5.78 Å². The van der Waals surface area contributed by atoms with Crippen LogP contribution in [0.1, 0.15) is 31.3 Å². The van der Waals surface area contributed by atoms with Gasteiger partial charge in [-0.2, -0.15) is 0 Å². The molecule has 8 heteroatoms. The SMILES string of the molecule is Cn1c(COC(=O)c2ccccc2C(=O)c2cccs2)cc(=O)n(C)c1=O. The van der Waals surface area contributed by atoms with E-state index in [2.05, 4.69) is 0 Å². The third kappa shape index (κ3) is 3.65. The molecule has 0 aliphatic rings. The molecule has 0 saturated heterocycles. The van der Waals surface area contributed by atoms with Crippen LogP contribution in [0.4, 0.5) is 0 Å². The van der Waals surface area contributed by atoms with E-state index in [1.165, 1.54) is 42.1 Å². The third-order valence-electron chi connectivity index (χ3n) is 4.11. The van der Waals surface area contributed by atoms with E-state index in [1.54, 1.807) is 35.7 Å². The van der Waals surface area contributed by atoms with Crippen molar-refractivity contribution in [2.75, 3.05) is 0 Å². The van der Waals surface area contributed by atoms with Crippen LogP contribution in [0.15, 0.2) is 57.4 Å². The highest BCUT2D eigenvalue weighted by Gasteiger charge is 2.20. The fraction of sp³-hybridized carbons (Fsp3) is 0.158. The van der Waals surface area contributed by atoms with Gasteiger partial charge in [-0.05, 0) is 17.5 Å². The number of hydrogen-bond acceptors (Lipinski definition) is 6. The monoisotopic (exact) mass is 384 g/mol. The molecular weight excluding hydrogens is 368 g/mol. The lowest BCUT2D eigenvalue weighted by atomic mass is 10.0. The number of esters is 1. The Bertz CT molecular complexity index is 1130. The van der Waals surface area contributed by atoms with E-state index in [0.29, 0.717) is 4.88 Å². The number of ketones is 1. The Hall–Kier alpha value is -3.26. The molecule has 138 valence electrons. The van der Waals surface area contributed by atoms with Crippen molar-refractivity contribution in [2.45, 2.75) is 6.61 Å². The van der Waals surface area contributed by atoms with Gasteiger partial charge in [0.1, 0.15) is 6.61 Å². The minimum atomic E-state index is -0.705. The summed E-state index contributed by atoms with van der Waals surface area (Å²) >= 11 is 1.29. The highest BCUT2D eigenvalue weighted by atomic mass is 32.1. The zero-order valence-corrected chi connectivity index (χ0v) is 15.5. The summed E-state index contributed by atoms with van der Waals surface area (Å²) in [5.74, 6) is -0.970. The van der Waals surface area contributed by atoms with Crippen LogP contribution in [0.5, 0.6) is 0 Å². The Morgan fingerprint density at radius 1 is 1.00 bits per heavy atom. The Labute approximate surface area is 158 Å². The minimum absolute atomic E-state index is 0.129. The van der Waals surface area contributed by atoms with Gasteiger partial charge in [-0.25, -0.2) is 9.59 Å². The molecule has 2 heterocycles. The van der Waals surface area contributed by atoms with E-state index < -0.39 is 17.2 Å². The number of benzene rings is 1. The average Bonchev–Trinajstić information content (AvgIpc) is 3.22. The van der Waals surface area contributed by atoms with Gasteiger partial charge in [0.05, 0.1) is 16.1 Å². The molecule has 1 aromatic carbocycles. The topological polar surface area (TPSA) is 87.4 Å². The molecular formula is C19H16N2O5S. The molecule has 2 aromatic heterocycles. The van der Waals surface area contributed by atoms with E-state index in [9.17, 15) is 19.2 Å². The van der Waals surface area contributed by atoms with Crippen molar-refractivity contribution in [1.82, 2.24) is 9.13 Å². The first-order chi connectivity index (χ1) is 12.9. The Morgan fingerprint density at radius 2 is 1.70 bits per heavy atom. The second-order valence-electron chi connectivity index (χ2n) is 5.80. The first-order valence-corrected chi connectivity index (χ1v) is 8.88. The summed E-state index contributed by atoms with van der Waals surface area (Å²) in [5, 5.41) is 1.78. The summed E-state index contributed by atoms with van der Waals surface area (Å²) < 4.78 is 7.45. The van der Waals surface area contributed by atoms with Crippen molar-refractivity contribution in [3.05, 3.63) is 90.4 Å². The molecule has 0 N–H and O–H groups in total. The van der Waals surface area contributed by atoms with Gasteiger partial charge in [-0.3, -0.25) is 18.7 Å². The molecule has 27 heavy (non-hydrogen) atoms. The van der Waals surface area contributed by atoms with Crippen molar-refractivity contribution >= 4 is 23.1 Å². The third-order valence-corrected chi connectivity index (χ3v) is 4.98. The molecule has 3 rings (SSSR count). The molecule has 0 unspecified atom stereocenters. The van der Waals surface area contributed by atoms with Gasteiger partial charge in [0, 0.05) is 25.7 Å². The van der Waals surface area contributed by atoms with Crippen molar-refractivity contribution in [1.29, 1.82) is 0 Å². The number of aromatic nitrogens is 2. The molecule has 3 aromatic rings. The van der Waals surface area contributed by atoms with E-state index in [0.717, 1.165) is 4.57 Å². The molecule has 0 aliphatic heterocycles. The van der Waals surface area contributed by atoms with Crippen LogP contribution in [0.3, 0.4) is 0 Å². The molecule has 7 nitrogen and oxygen atoms in total. The Morgan fingerprint density at radius 3 is 2.37 bits per heavy atom. The largest absolute Gasteiger partial charge is 0.456 e. The van der Waals surface area contributed by atoms with Gasteiger partial charge in [0.25, 0.3) is 5.56 Å². The molecule has 0 fully saturated rings. The summed E-state index contributed by atoms with van der Waals surface area (Å²) in [5.41, 5.74) is -0.370. The Kier molecular flexibility index (Phi) is 5.18. The van der Waals surface area contributed by atoms with Crippen molar-refractivity contribution in [3.8, 4) is 0 Å².